The molecular weight excluding hydrogens is 652 g/mol. The van der Waals surface area contributed by atoms with Crippen LogP contribution in [0.15, 0.2) is 0 Å². The molecule has 0 aromatic carbocycles. The molecule has 5 atom stereocenters. The van der Waals surface area contributed by atoms with Gasteiger partial charge in [0.05, 0.1) is 0 Å². The van der Waals surface area contributed by atoms with Gasteiger partial charge >= 0.3 is 0 Å². The molecular formula is C37H72N8O6. The Morgan fingerprint density at radius 3 is 1.04 bits per heavy atom. The van der Waals surface area contributed by atoms with Crippen LogP contribution in [0.1, 0.15) is 117 Å². The van der Waals surface area contributed by atoms with Crippen LogP contribution in [-0.2, 0) is 28.8 Å². The maximum atomic E-state index is 13.4. The first-order valence-corrected chi connectivity index (χ1v) is 19.1. The summed E-state index contributed by atoms with van der Waals surface area (Å²) < 4.78 is 0. The number of amides is 4. The van der Waals surface area contributed by atoms with E-state index in [9.17, 15) is 28.8 Å². The zero-order valence-corrected chi connectivity index (χ0v) is 32.8. The molecule has 0 aliphatic rings. The smallest absolute Gasteiger partial charge is 0.222 e. The highest BCUT2D eigenvalue weighted by molar-refractivity contribution is 5.83. The van der Waals surface area contributed by atoms with Crippen molar-refractivity contribution in [2.45, 2.75) is 141 Å². The minimum Gasteiger partial charge on any atom is -0.353 e. The third-order valence-corrected chi connectivity index (χ3v) is 8.73. The van der Waals surface area contributed by atoms with Gasteiger partial charge in [-0.3, -0.25) is 24.0 Å². The minimum atomic E-state index is -0.447. The van der Waals surface area contributed by atoms with Gasteiger partial charge in [-0.25, -0.2) is 0 Å². The predicted octanol–water partition coefficient (Wildman–Crippen LogP) is 1.47. The predicted molar refractivity (Wildman–Crippen MR) is 203 cm³/mol. The van der Waals surface area contributed by atoms with Gasteiger partial charge in [-0.15, -0.1) is 0 Å². The SMILES string of the molecule is CNCCCC(C)CC(=O)NC(CCCNC)CC(=O)NC(CCCNC)CC(=O)NC(CCCNC)CC(=O)NC(CCC(C)=O)CC(C)=O. The summed E-state index contributed by atoms with van der Waals surface area (Å²) in [6, 6.07) is -1.64. The minimum absolute atomic E-state index is 0.0126. The number of nitrogens with one attached hydrogen (secondary N) is 8. The Morgan fingerprint density at radius 1 is 0.412 bits per heavy atom. The molecule has 0 aliphatic carbocycles. The highest BCUT2D eigenvalue weighted by Crippen LogP contribution is 2.13. The second kappa shape index (κ2) is 30.7. The van der Waals surface area contributed by atoms with E-state index < -0.39 is 18.1 Å². The molecule has 0 fully saturated rings. The summed E-state index contributed by atoms with van der Waals surface area (Å²) in [6.45, 7) is 8.11. The van der Waals surface area contributed by atoms with Gasteiger partial charge in [0.15, 0.2) is 0 Å². The molecule has 0 aromatic heterocycles. The second-order valence-electron chi connectivity index (χ2n) is 14.1. The van der Waals surface area contributed by atoms with E-state index in [0.717, 1.165) is 51.7 Å². The lowest BCUT2D eigenvalue weighted by molar-refractivity contribution is -0.125. The quantitative estimate of drug-likeness (QED) is 0.0459. The van der Waals surface area contributed by atoms with E-state index in [2.05, 4.69) is 49.5 Å². The van der Waals surface area contributed by atoms with Crippen LogP contribution >= 0.6 is 0 Å². The molecule has 0 radical (unpaired) electrons. The zero-order chi connectivity index (χ0) is 38.4. The van der Waals surface area contributed by atoms with Crippen LogP contribution in [0.5, 0.6) is 0 Å². The van der Waals surface area contributed by atoms with Crippen molar-refractivity contribution in [1.82, 2.24) is 42.5 Å². The number of ketones is 2. The molecule has 0 spiro atoms. The van der Waals surface area contributed by atoms with E-state index in [4.69, 9.17) is 0 Å². The highest BCUT2D eigenvalue weighted by Gasteiger charge is 2.24. The van der Waals surface area contributed by atoms with Gasteiger partial charge < -0.3 is 47.3 Å². The first kappa shape index (κ1) is 48.1. The summed E-state index contributed by atoms with van der Waals surface area (Å²) in [4.78, 5) is 76.0. The number of rotatable bonds is 33. The third kappa shape index (κ3) is 28.3. The lowest BCUT2D eigenvalue weighted by atomic mass is 10.00. The summed E-state index contributed by atoms with van der Waals surface area (Å²) in [5, 5.41) is 24.5. The van der Waals surface area contributed by atoms with Crippen molar-refractivity contribution in [2.24, 2.45) is 5.92 Å². The molecule has 51 heavy (non-hydrogen) atoms. The van der Waals surface area contributed by atoms with Crippen molar-refractivity contribution in [3.05, 3.63) is 0 Å². The number of hydrogen-bond acceptors (Lipinski definition) is 10. The molecule has 0 saturated heterocycles. The molecule has 0 rings (SSSR count). The van der Waals surface area contributed by atoms with Gasteiger partial charge in [-0.2, -0.15) is 0 Å². The van der Waals surface area contributed by atoms with Crippen molar-refractivity contribution >= 4 is 35.2 Å². The van der Waals surface area contributed by atoms with E-state index in [1.807, 2.05) is 28.2 Å². The van der Waals surface area contributed by atoms with Crippen LogP contribution in [0.4, 0.5) is 0 Å². The van der Waals surface area contributed by atoms with Crippen LogP contribution in [0, 0.1) is 5.92 Å². The van der Waals surface area contributed by atoms with E-state index >= 15 is 0 Å². The first-order chi connectivity index (χ1) is 24.3. The van der Waals surface area contributed by atoms with Gasteiger partial charge in [0, 0.05) is 62.7 Å². The van der Waals surface area contributed by atoms with Crippen molar-refractivity contribution in [3.8, 4) is 0 Å². The molecule has 8 N–H and O–H groups in total. The fraction of sp³-hybridized carbons (Fsp3) is 0.838. The summed E-state index contributed by atoms with van der Waals surface area (Å²) >= 11 is 0. The summed E-state index contributed by atoms with van der Waals surface area (Å²) in [6.07, 6.45) is 7.38. The molecule has 0 aromatic rings. The Kier molecular flexibility index (Phi) is 28.9. The van der Waals surface area contributed by atoms with Crippen LogP contribution in [-0.4, -0.2) is 114 Å². The van der Waals surface area contributed by atoms with Crippen molar-refractivity contribution < 1.29 is 28.8 Å². The Morgan fingerprint density at radius 2 is 0.725 bits per heavy atom. The monoisotopic (exact) mass is 725 g/mol. The fourth-order valence-electron chi connectivity index (χ4n) is 6.06. The number of Topliss-reactive ketones (excluding diaryl/α,β-unsaturated/α-hetero) is 2. The molecule has 5 unspecified atom stereocenters. The van der Waals surface area contributed by atoms with Crippen LogP contribution in [0.25, 0.3) is 0 Å². The topological polar surface area (TPSA) is 199 Å². The van der Waals surface area contributed by atoms with Gasteiger partial charge in [0.25, 0.3) is 0 Å². The zero-order valence-electron chi connectivity index (χ0n) is 32.8. The lowest BCUT2D eigenvalue weighted by Gasteiger charge is -2.24. The average molecular weight is 725 g/mol. The molecule has 296 valence electrons. The molecule has 0 aliphatic heterocycles. The van der Waals surface area contributed by atoms with E-state index in [1.54, 1.807) is 0 Å². The normalized spacial score (nSPS) is 14.1. The van der Waals surface area contributed by atoms with Crippen molar-refractivity contribution in [1.29, 1.82) is 0 Å². The molecule has 0 saturated carbocycles. The Labute approximate surface area is 307 Å². The van der Waals surface area contributed by atoms with E-state index in [-0.39, 0.29) is 79.3 Å². The second-order valence-corrected chi connectivity index (χ2v) is 14.1. The first-order valence-electron chi connectivity index (χ1n) is 19.1. The average Bonchev–Trinajstić information content (AvgIpc) is 3.03. The van der Waals surface area contributed by atoms with Crippen LogP contribution < -0.4 is 42.5 Å². The molecule has 0 bridgehead atoms. The van der Waals surface area contributed by atoms with Crippen molar-refractivity contribution in [3.63, 3.8) is 0 Å². The summed E-state index contributed by atoms with van der Waals surface area (Å²) in [5.41, 5.74) is 0. The molecule has 0 heterocycles. The number of carbonyl (C=O) groups is 6. The van der Waals surface area contributed by atoms with Gasteiger partial charge in [-0.05, 0) is 132 Å². The Hall–Kier alpha value is -2.94. The molecule has 14 nitrogen and oxygen atoms in total. The summed E-state index contributed by atoms with van der Waals surface area (Å²) in [5.74, 6) is -0.693. The summed E-state index contributed by atoms with van der Waals surface area (Å²) in [7, 11) is 7.47. The Bertz CT molecular complexity index is 1010. The Balaban J connectivity index is 5.54. The molecule has 4 amide bonds. The maximum absolute atomic E-state index is 13.4. The third-order valence-electron chi connectivity index (χ3n) is 8.73. The van der Waals surface area contributed by atoms with Gasteiger partial charge in [0.2, 0.25) is 23.6 Å². The largest absolute Gasteiger partial charge is 0.353 e. The van der Waals surface area contributed by atoms with E-state index in [1.165, 1.54) is 13.8 Å². The van der Waals surface area contributed by atoms with Crippen molar-refractivity contribution in [2.75, 3.05) is 54.4 Å². The molecule has 14 heteroatoms. The standard InChI is InChI=1S/C37H72N8O6/c1-27(12-8-18-38-4)22-34(48)42-30(13-9-19-39-5)24-35(49)43-31(14-10-20-40-6)25-36(50)44-32(15-11-21-41-7)26-37(51)45-33(23-29(3)47)17-16-28(2)46/h27,30-33,38-41H,8-26H2,1-7H3,(H,42,48)(H,43,49)(H,44,50)(H,45,51). The van der Waals surface area contributed by atoms with Gasteiger partial charge in [-0.1, -0.05) is 6.92 Å². The highest BCUT2D eigenvalue weighted by atomic mass is 16.2. The number of carbonyl (C=O) groups excluding carboxylic acids is 6. The number of hydrogen-bond donors (Lipinski definition) is 8. The van der Waals surface area contributed by atoms with Gasteiger partial charge in [0.1, 0.15) is 11.6 Å². The van der Waals surface area contributed by atoms with Crippen LogP contribution in [0.3, 0.4) is 0 Å². The fourth-order valence-corrected chi connectivity index (χ4v) is 6.06. The van der Waals surface area contributed by atoms with Crippen LogP contribution in [0.2, 0.25) is 0 Å². The van der Waals surface area contributed by atoms with E-state index in [0.29, 0.717) is 38.6 Å². The lowest BCUT2D eigenvalue weighted by Crippen LogP contribution is -2.46. The maximum Gasteiger partial charge on any atom is 0.222 e.